The third-order valence-electron chi connectivity index (χ3n) is 0.994. The lowest BCUT2D eigenvalue weighted by Crippen LogP contribution is -2.02. The fourth-order valence-corrected chi connectivity index (χ4v) is 0.728. The molecule has 0 fully saturated rings. The number of halogens is 1. The average molecular weight is 155 g/mol. The number of rotatable bonds is 0. The van der Waals surface area contributed by atoms with Crippen LogP contribution in [0.5, 0.6) is 0 Å². The number of H-pyrrole nitrogens is 1. The van der Waals surface area contributed by atoms with Gasteiger partial charge in [-0.1, -0.05) is 11.6 Å². The van der Waals surface area contributed by atoms with Gasteiger partial charge in [0.05, 0.1) is 10.6 Å². The lowest BCUT2D eigenvalue weighted by Gasteiger charge is -1.88. The number of pyridine rings is 1. The highest BCUT2D eigenvalue weighted by Crippen LogP contribution is 2.08. The Bertz CT molecular complexity index is 336. The van der Waals surface area contributed by atoms with Crippen molar-refractivity contribution in [2.75, 3.05) is 0 Å². The Morgan fingerprint density at radius 2 is 2.40 bits per heavy atom. The van der Waals surface area contributed by atoms with Gasteiger partial charge in [-0.2, -0.15) is 5.26 Å². The fourth-order valence-electron chi connectivity index (χ4n) is 0.532. The maximum absolute atomic E-state index is 10.5. The summed E-state index contributed by atoms with van der Waals surface area (Å²) < 4.78 is 0. The third-order valence-corrected chi connectivity index (χ3v) is 1.31. The molecule has 0 saturated heterocycles. The van der Waals surface area contributed by atoms with E-state index in [1.807, 2.05) is 6.07 Å². The van der Waals surface area contributed by atoms with Crippen molar-refractivity contribution < 1.29 is 0 Å². The molecule has 0 radical (unpaired) electrons. The van der Waals surface area contributed by atoms with Crippen LogP contribution in [0.2, 0.25) is 5.02 Å². The number of nitrogens with one attached hydrogen (secondary N) is 1. The van der Waals surface area contributed by atoms with Gasteiger partial charge >= 0.3 is 0 Å². The molecular weight excluding hydrogens is 152 g/mol. The summed E-state index contributed by atoms with van der Waals surface area (Å²) in [5.74, 6) is 0. The molecule has 0 bridgehead atoms. The van der Waals surface area contributed by atoms with Crippen LogP contribution in [-0.2, 0) is 0 Å². The summed E-state index contributed by atoms with van der Waals surface area (Å²) in [5.41, 5.74) is -0.0229. The fraction of sp³-hybridized carbons (Fsp3) is 0. The maximum atomic E-state index is 10.5. The second-order valence-corrected chi connectivity index (χ2v) is 2.08. The topological polar surface area (TPSA) is 56.6 Å². The highest BCUT2D eigenvalue weighted by atomic mass is 35.5. The van der Waals surface area contributed by atoms with Gasteiger partial charge in [-0.15, -0.1) is 0 Å². The molecule has 0 aliphatic rings. The summed E-state index contributed by atoms with van der Waals surface area (Å²) in [4.78, 5) is 12.8. The van der Waals surface area contributed by atoms with Crippen LogP contribution >= 0.6 is 11.6 Å². The molecule has 1 aromatic rings. The van der Waals surface area contributed by atoms with Crippen LogP contribution in [0.1, 0.15) is 5.56 Å². The van der Waals surface area contributed by atoms with Crippen LogP contribution in [0.25, 0.3) is 0 Å². The third kappa shape index (κ3) is 1.17. The molecule has 50 valence electrons. The first kappa shape index (κ1) is 6.84. The predicted octanol–water partition coefficient (Wildman–Crippen LogP) is 0.900. The van der Waals surface area contributed by atoms with Gasteiger partial charge in [-0.25, -0.2) is 0 Å². The van der Waals surface area contributed by atoms with Gasteiger partial charge in [0.1, 0.15) is 6.07 Å². The zero-order valence-corrected chi connectivity index (χ0v) is 5.64. The normalized spacial score (nSPS) is 8.80. The molecule has 1 N–H and O–H groups in total. The van der Waals surface area contributed by atoms with Crippen LogP contribution < -0.4 is 5.56 Å². The summed E-state index contributed by atoms with van der Waals surface area (Å²) >= 11 is 5.49. The van der Waals surface area contributed by atoms with E-state index in [1.165, 1.54) is 12.3 Å². The monoisotopic (exact) mass is 154 g/mol. The van der Waals surface area contributed by atoms with E-state index < -0.39 is 0 Å². The van der Waals surface area contributed by atoms with E-state index >= 15 is 0 Å². The summed E-state index contributed by atoms with van der Waals surface area (Å²) in [6.45, 7) is 0. The minimum Gasteiger partial charge on any atom is -0.328 e. The van der Waals surface area contributed by atoms with Crippen LogP contribution in [0.15, 0.2) is 17.1 Å². The number of hydrogen-bond donors (Lipinski definition) is 1. The largest absolute Gasteiger partial charge is 0.328 e. The molecule has 0 atom stereocenters. The number of aromatic amines is 1. The van der Waals surface area contributed by atoms with Crippen molar-refractivity contribution in [3.05, 3.63) is 33.2 Å². The summed E-state index contributed by atoms with van der Waals surface area (Å²) in [6.07, 6.45) is 1.28. The molecule has 0 spiro atoms. The molecule has 1 rings (SSSR count). The zero-order valence-electron chi connectivity index (χ0n) is 4.89. The van der Waals surface area contributed by atoms with Crippen molar-refractivity contribution in [3.63, 3.8) is 0 Å². The predicted molar refractivity (Wildman–Crippen MR) is 36.8 cm³/mol. The van der Waals surface area contributed by atoms with E-state index in [0.717, 1.165) is 0 Å². The van der Waals surface area contributed by atoms with Crippen molar-refractivity contribution in [2.24, 2.45) is 0 Å². The Morgan fingerprint density at radius 1 is 1.70 bits per heavy atom. The van der Waals surface area contributed by atoms with Crippen LogP contribution in [0.3, 0.4) is 0 Å². The van der Waals surface area contributed by atoms with Gasteiger partial charge < -0.3 is 4.98 Å². The molecule has 10 heavy (non-hydrogen) atoms. The van der Waals surface area contributed by atoms with Gasteiger partial charge in [0.15, 0.2) is 0 Å². The Morgan fingerprint density at radius 3 is 2.90 bits per heavy atom. The zero-order chi connectivity index (χ0) is 7.56. The van der Waals surface area contributed by atoms with Gasteiger partial charge in [-0.05, 0) is 0 Å². The molecule has 4 heteroatoms. The molecule has 1 aromatic heterocycles. The molecule has 0 amide bonds. The molecule has 0 aliphatic heterocycles. The molecule has 1 heterocycles. The summed E-state index contributed by atoms with van der Waals surface area (Å²) in [5, 5.41) is 8.54. The lowest BCUT2D eigenvalue weighted by atomic mass is 10.3. The molecule has 0 aromatic carbocycles. The van der Waals surface area contributed by atoms with E-state index in [4.69, 9.17) is 16.9 Å². The maximum Gasteiger partial charge on any atom is 0.249 e. The second kappa shape index (κ2) is 2.54. The van der Waals surface area contributed by atoms with Crippen molar-refractivity contribution in [3.8, 4) is 6.07 Å². The van der Waals surface area contributed by atoms with Crippen molar-refractivity contribution in [1.82, 2.24) is 4.98 Å². The van der Waals surface area contributed by atoms with E-state index in [0.29, 0.717) is 0 Å². The lowest BCUT2D eigenvalue weighted by molar-refractivity contribution is 1.22. The minimum atomic E-state index is -0.302. The van der Waals surface area contributed by atoms with Gasteiger partial charge in [0, 0.05) is 12.3 Å². The highest BCUT2D eigenvalue weighted by molar-refractivity contribution is 6.31. The summed E-state index contributed by atoms with van der Waals surface area (Å²) in [6, 6.07) is 2.99. The van der Waals surface area contributed by atoms with Gasteiger partial charge in [-0.3, -0.25) is 4.79 Å². The van der Waals surface area contributed by atoms with E-state index in [2.05, 4.69) is 4.98 Å². The second-order valence-electron chi connectivity index (χ2n) is 1.67. The standard InChI is InChI=1S/C6H3ClN2O/c7-5-1-6(10)9-3-4(5)2-8/h1,3H,(H,9,10). The van der Waals surface area contributed by atoms with Gasteiger partial charge in [0.2, 0.25) is 5.56 Å². The Balaban J connectivity index is 3.37. The number of nitrogens with zero attached hydrogens (tertiary/aromatic N) is 1. The minimum absolute atomic E-state index is 0.186. The average Bonchev–Trinajstić information content (AvgIpc) is 1.88. The van der Waals surface area contributed by atoms with E-state index in [1.54, 1.807) is 0 Å². The number of aromatic nitrogens is 1. The van der Waals surface area contributed by atoms with Crippen LogP contribution in [-0.4, -0.2) is 4.98 Å². The van der Waals surface area contributed by atoms with E-state index in [-0.39, 0.29) is 16.1 Å². The van der Waals surface area contributed by atoms with E-state index in [9.17, 15) is 4.79 Å². The van der Waals surface area contributed by atoms with Gasteiger partial charge in [0.25, 0.3) is 0 Å². The molecule has 3 nitrogen and oxygen atoms in total. The van der Waals surface area contributed by atoms with Crippen LogP contribution in [0, 0.1) is 11.3 Å². The Labute approximate surface area is 61.9 Å². The Kier molecular flexibility index (Phi) is 1.74. The molecular formula is C6H3ClN2O. The SMILES string of the molecule is N#Cc1c[nH]c(=O)cc1Cl. The number of hydrogen-bond acceptors (Lipinski definition) is 2. The molecule has 0 aliphatic carbocycles. The molecule has 0 saturated carbocycles. The first-order valence-corrected chi connectivity index (χ1v) is 2.90. The van der Waals surface area contributed by atoms with Crippen molar-refractivity contribution in [2.45, 2.75) is 0 Å². The number of nitriles is 1. The quantitative estimate of drug-likeness (QED) is 0.604. The summed E-state index contributed by atoms with van der Waals surface area (Å²) in [7, 11) is 0. The van der Waals surface area contributed by atoms with Crippen molar-refractivity contribution in [1.29, 1.82) is 5.26 Å². The Hall–Kier alpha value is -1.27. The molecule has 0 unspecified atom stereocenters. The van der Waals surface area contributed by atoms with Crippen molar-refractivity contribution >= 4 is 11.6 Å². The van der Waals surface area contributed by atoms with Crippen LogP contribution in [0.4, 0.5) is 0 Å². The smallest absolute Gasteiger partial charge is 0.249 e. The first-order valence-electron chi connectivity index (χ1n) is 2.52. The first-order chi connectivity index (χ1) is 4.74. The highest BCUT2D eigenvalue weighted by Gasteiger charge is 1.96.